The molecule has 116 valence electrons. The van der Waals surface area contributed by atoms with Crippen molar-refractivity contribution >= 4 is 9.84 Å². The van der Waals surface area contributed by atoms with Gasteiger partial charge in [-0.2, -0.15) is 0 Å². The van der Waals surface area contributed by atoms with Crippen molar-refractivity contribution in [1.82, 2.24) is 5.43 Å². The van der Waals surface area contributed by atoms with Crippen LogP contribution in [0.5, 0.6) is 5.75 Å². The Labute approximate surface area is 125 Å². The van der Waals surface area contributed by atoms with Crippen LogP contribution >= 0.6 is 0 Å². The van der Waals surface area contributed by atoms with E-state index in [1.165, 1.54) is 0 Å². The van der Waals surface area contributed by atoms with Gasteiger partial charge in [-0.3, -0.25) is 11.3 Å². The number of ether oxygens (including phenoxy) is 1. The normalized spacial score (nSPS) is 26.2. The Bertz CT molecular complexity index is 599. The molecule has 2 aliphatic rings. The first-order valence-electron chi connectivity index (χ1n) is 7.54. The molecule has 2 atom stereocenters. The van der Waals surface area contributed by atoms with E-state index in [2.05, 4.69) is 5.43 Å². The summed E-state index contributed by atoms with van der Waals surface area (Å²) in [4.78, 5) is 0. The van der Waals surface area contributed by atoms with Gasteiger partial charge in [0.05, 0.1) is 23.1 Å². The molecule has 0 amide bonds. The lowest BCUT2D eigenvalue weighted by Crippen LogP contribution is -2.43. The Hall–Kier alpha value is -1.11. The maximum atomic E-state index is 12.3. The molecule has 1 heterocycles. The summed E-state index contributed by atoms with van der Waals surface area (Å²) in [5.41, 5.74) is 3.59. The minimum absolute atomic E-state index is 0.258. The molecule has 1 aliphatic carbocycles. The van der Waals surface area contributed by atoms with E-state index < -0.39 is 15.1 Å². The highest BCUT2D eigenvalue weighted by atomic mass is 32.2. The Morgan fingerprint density at radius 1 is 1.24 bits per heavy atom. The predicted octanol–water partition coefficient (Wildman–Crippen LogP) is 1.70. The minimum atomic E-state index is -3.09. The van der Waals surface area contributed by atoms with Crippen molar-refractivity contribution < 1.29 is 13.2 Å². The fraction of sp³-hybridized carbons (Fsp3) is 0.600. The van der Waals surface area contributed by atoms with Gasteiger partial charge in [-0.15, -0.1) is 0 Å². The molecule has 1 saturated heterocycles. The summed E-state index contributed by atoms with van der Waals surface area (Å²) < 4.78 is 30.4. The highest BCUT2D eigenvalue weighted by Crippen LogP contribution is 2.33. The molecule has 5 nitrogen and oxygen atoms in total. The molecular formula is C15H22N2O3S. The molecule has 1 aliphatic heterocycles. The summed E-state index contributed by atoms with van der Waals surface area (Å²) >= 11 is 0. The molecule has 2 unspecified atom stereocenters. The zero-order chi connectivity index (χ0) is 14.9. The van der Waals surface area contributed by atoms with E-state index >= 15 is 0 Å². The van der Waals surface area contributed by atoms with Gasteiger partial charge in [0.25, 0.3) is 0 Å². The van der Waals surface area contributed by atoms with Gasteiger partial charge >= 0.3 is 0 Å². The first kappa shape index (κ1) is 14.8. The van der Waals surface area contributed by atoms with Gasteiger partial charge in [0.15, 0.2) is 9.84 Å². The molecule has 3 N–H and O–H groups in total. The van der Waals surface area contributed by atoms with Gasteiger partial charge in [0.1, 0.15) is 5.75 Å². The molecule has 1 saturated carbocycles. The first-order valence-corrected chi connectivity index (χ1v) is 9.26. The number of hydrazine groups is 1. The van der Waals surface area contributed by atoms with Crippen LogP contribution in [0.4, 0.5) is 0 Å². The SMILES string of the molecule is NNC(c1cccc(OC2CC2)c1)C1CCCCS1(=O)=O. The summed E-state index contributed by atoms with van der Waals surface area (Å²) in [6, 6.07) is 7.25. The number of sulfone groups is 1. The van der Waals surface area contributed by atoms with E-state index in [1.54, 1.807) is 0 Å². The number of hydrogen-bond acceptors (Lipinski definition) is 5. The van der Waals surface area contributed by atoms with Crippen molar-refractivity contribution in [3.63, 3.8) is 0 Å². The second-order valence-electron chi connectivity index (χ2n) is 5.94. The van der Waals surface area contributed by atoms with Crippen LogP contribution < -0.4 is 16.0 Å². The van der Waals surface area contributed by atoms with Crippen molar-refractivity contribution in [3.8, 4) is 5.75 Å². The first-order chi connectivity index (χ1) is 10.1. The number of hydrogen-bond donors (Lipinski definition) is 2. The van der Waals surface area contributed by atoms with Crippen molar-refractivity contribution in [3.05, 3.63) is 29.8 Å². The van der Waals surface area contributed by atoms with Gasteiger partial charge in [-0.05, 0) is 43.4 Å². The monoisotopic (exact) mass is 310 g/mol. The number of nitrogens with one attached hydrogen (secondary N) is 1. The fourth-order valence-corrected chi connectivity index (χ4v) is 5.02. The topological polar surface area (TPSA) is 81.4 Å². The number of rotatable bonds is 5. The Morgan fingerprint density at radius 2 is 2.05 bits per heavy atom. The van der Waals surface area contributed by atoms with Crippen LogP contribution in [-0.4, -0.2) is 25.5 Å². The highest BCUT2D eigenvalue weighted by molar-refractivity contribution is 7.92. The average molecular weight is 310 g/mol. The van der Waals surface area contributed by atoms with Gasteiger partial charge in [-0.25, -0.2) is 8.42 Å². The molecule has 2 fully saturated rings. The van der Waals surface area contributed by atoms with Gasteiger partial charge in [0, 0.05) is 0 Å². The van der Waals surface area contributed by atoms with Crippen molar-refractivity contribution in [2.24, 2.45) is 5.84 Å². The zero-order valence-corrected chi connectivity index (χ0v) is 12.8. The maximum absolute atomic E-state index is 12.3. The third-order valence-corrected chi connectivity index (χ3v) is 6.51. The lowest BCUT2D eigenvalue weighted by Gasteiger charge is -2.30. The summed E-state index contributed by atoms with van der Waals surface area (Å²) in [5, 5.41) is -0.451. The van der Waals surface area contributed by atoms with Crippen molar-refractivity contribution in [2.75, 3.05) is 5.75 Å². The largest absolute Gasteiger partial charge is 0.490 e. The Balaban J connectivity index is 1.84. The molecule has 0 bridgehead atoms. The minimum Gasteiger partial charge on any atom is -0.490 e. The molecule has 1 aromatic rings. The predicted molar refractivity (Wildman–Crippen MR) is 81.6 cm³/mol. The molecule has 0 spiro atoms. The van der Waals surface area contributed by atoms with E-state index in [9.17, 15) is 8.42 Å². The highest BCUT2D eigenvalue weighted by Gasteiger charge is 2.36. The molecule has 0 radical (unpaired) electrons. The fourth-order valence-electron chi connectivity index (χ4n) is 2.93. The molecule has 3 rings (SSSR count). The Kier molecular flexibility index (Phi) is 4.19. The lowest BCUT2D eigenvalue weighted by molar-refractivity contribution is 0.302. The second-order valence-corrected chi connectivity index (χ2v) is 8.27. The standard InChI is InChI=1S/C15H22N2O3S/c16-17-15(14-6-1-2-9-21(14,18)19)11-4-3-5-13(10-11)20-12-7-8-12/h3-5,10,12,14-15,17H,1-2,6-9,16H2. The number of benzene rings is 1. The summed E-state index contributed by atoms with van der Waals surface area (Å²) in [5.74, 6) is 6.72. The van der Waals surface area contributed by atoms with Crippen LogP contribution in [0.3, 0.4) is 0 Å². The average Bonchev–Trinajstić information content (AvgIpc) is 3.26. The third kappa shape index (κ3) is 3.39. The van der Waals surface area contributed by atoms with Crippen LogP contribution in [0.15, 0.2) is 24.3 Å². The van der Waals surface area contributed by atoms with Gasteiger partial charge in [0.2, 0.25) is 0 Å². The molecule has 6 heteroatoms. The molecule has 1 aromatic carbocycles. The van der Waals surface area contributed by atoms with Crippen molar-refractivity contribution in [1.29, 1.82) is 0 Å². The summed E-state index contributed by atoms with van der Waals surface area (Å²) in [6.45, 7) is 0. The summed E-state index contributed by atoms with van der Waals surface area (Å²) in [6.07, 6.45) is 4.86. The van der Waals surface area contributed by atoms with Gasteiger partial charge < -0.3 is 4.74 Å². The van der Waals surface area contributed by atoms with E-state index in [0.29, 0.717) is 12.5 Å². The second kappa shape index (κ2) is 5.94. The van der Waals surface area contributed by atoms with E-state index in [1.807, 2.05) is 24.3 Å². The summed E-state index contributed by atoms with van der Waals surface area (Å²) in [7, 11) is -3.09. The van der Waals surface area contributed by atoms with Crippen LogP contribution in [0.25, 0.3) is 0 Å². The van der Waals surface area contributed by atoms with E-state index in [0.717, 1.165) is 37.0 Å². The quantitative estimate of drug-likeness (QED) is 0.639. The Morgan fingerprint density at radius 3 is 2.71 bits per heavy atom. The smallest absolute Gasteiger partial charge is 0.155 e. The zero-order valence-electron chi connectivity index (χ0n) is 12.0. The maximum Gasteiger partial charge on any atom is 0.155 e. The van der Waals surface area contributed by atoms with Crippen LogP contribution in [0.1, 0.15) is 43.7 Å². The third-order valence-electron chi connectivity index (χ3n) is 4.22. The van der Waals surface area contributed by atoms with Crippen LogP contribution in [-0.2, 0) is 9.84 Å². The molecule has 0 aromatic heterocycles. The number of nitrogens with two attached hydrogens (primary N) is 1. The van der Waals surface area contributed by atoms with E-state index in [-0.39, 0.29) is 11.8 Å². The van der Waals surface area contributed by atoms with Gasteiger partial charge in [-0.1, -0.05) is 18.6 Å². The van der Waals surface area contributed by atoms with E-state index in [4.69, 9.17) is 10.6 Å². The molecule has 21 heavy (non-hydrogen) atoms. The lowest BCUT2D eigenvalue weighted by atomic mass is 10.00. The van der Waals surface area contributed by atoms with Crippen LogP contribution in [0.2, 0.25) is 0 Å². The van der Waals surface area contributed by atoms with Crippen molar-refractivity contribution in [2.45, 2.75) is 49.5 Å². The van der Waals surface area contributed by atoms with Crippen LogP contribution in [0, 0.1) is 0 Å². The molecular weight excluding hydrogens is 288 g/mol.